The first-order chi connectivity index (χ1) is 5.83. The Kier molecular flexibility index (Phi) is 3.97. The van der Waals surface area contributed by atoms with Gasteiger partial charge in [0, 0.05) is 11.0 Å². The molecule has 64 valence electrons. The van der Waals surface area contributed by atoms with E-state index in [0.717, 1.165) is 17.3 Å². The fourth-order valence-corrected chi connectivity index (χ4v) is 1.37. The standard InChI is InChI=1S/C9H10BrNO/c10-9-3-1-2-8(6-9)7-11-4-5-12/h1-3,5-6,11H,4,7H2. The van der Waals surface area contributed by atoms with Crippen molar-refractivity contribution in [3.8, 4) is 0 Å². The Bertz CT molecular complexity index is 262. The minimum absolute atomic E-state index is 0.409. The first-order valence-electron chi connectivity index (χ1n) is 3.71. The Morgan fingerprint density at radius 2 is 2.33 bits per heavy atom. The van der Waals surface area contributed by atoms with E-state index in [4.69, 9.17) is 0 Å². The molecule has 1 aromatic carbocycles. The van der Waals surface area contributed by atoms with Gasteiger partial charge in [0.1, 0.15) is 6.29 Å². The van der Waals surface area contributed by atoms with Crippen molar-refractivity contribution in [3.63, 3.8) is 0 Å². The fraction of sp³-hybridized carbons (Fsp3) is 0.222. The number of benzene rings is 1. The summed E-state index contributed by atoms with van der Waals surface area (Å²) in [5.41, 5.74) is 1.17. The van der Waals surface area contributed by atoms with Crippen molar-refractivity contribution >= 4 is 22.2 Å². The molecule has 0 bridgehead atoms. The van der Waals surface area contributed by atoms with Crippen molar-refractivity contribution in [2.24, 2.45) is 0 Å². The molecule has 0 unspecified atom stereocenters. The maximum absolute atomic E-state index is 9.99. The number of rotatable bonds is 4. The van der Waals surface area contributed by atoms with Gasteiger partial charge >= 0.3 is 0 Å². The highest BCUT2D eigenvalue weighted by Gasteiger charge is 1.91. The minimum Gasteiger partial charge on any atom is -0.306 e. The van der Waals surface area contributed by atoms with E-state index in [-0.39, 0.29) is 0 Å². The number of hydrogen-bond acceptors (Lipinski definition) is 2. The molecule has 0 aromatic heterocycles. The van der Waals surface area contributed by atoms with Gasteiger partial charge in [-0.25, -0.2) is 0 Å². The van der Waals surface area contributed by atoms with E-state index in [2.05, 4.69) is 21.2 Å². The van der Waals surface area contributed by atoms with Crippen LogP contribution in [0.5, 0.6) is 0 Å². The molecule has 0 heterocycles. The van der Waals surface area contributed by atoms with Crippen molar-refractivity contribution in [3.05, 3.63) is 34.3 Å². The van der Waals surface area contributed by atoms with Crippen molar-refractivity contribution in [2.75, 3.05) is 6.54 Å². The Labute approximate surface area is 80.1 Å². The molecule has 0 spiro atoms. The first kappa shape index (κ1) is 9.42. The number of nitrogens with one attached hydrogen (secondary N) is 1. The molecule has 0 saturated heterocycles. The largest absolute Gasteiger partial charge is 0.306 e. The molecule has 0 amide bonds. The lowest BCUT2D eigenvalue weighted by Crippen LogP contribution is -2.15. The van der Waals surface area contributed by atoms with E-state index in [9.17, 15) is 4.79 Å². The van der Waals surface area contributed by atoms with Gasteiger partial charge in [0.25, 0.3) is 0 Å². The lowest BCUT2D eigenvalue weighted by molar-refractivity contribution is -0.107. The van der Waals surface area contributed by atoms with E-state index in [0.29, 0.717) is 6.54 Å². The third kappa shape index (κ3) is 3.15. The summed E-state index contributed by atoms with van der Waals surface area (Å²) < 4.78 is 1.06. The molecule has 3 heteroatoms. The number of carbonyl (C=O) groups excluding carboxylic acids is 1. The molecule has 0 fully saturated rings. The van der Waals surface area contributed by atoms with Crippen molar-refractivity contribution in [1.29, 1.82) is 0 Å². The zero-order valence-electron chi connectivity index (χ0n) is 6.59. The lowest BCUT2D eigenvalue weighted by atomic mass is 10.2. The predicted octanol–water partition coefficient (Wildman–Crippen LogP) is 1.74. The Morgan fingerprint density at radius 3 is 3.00 bits per heavy atom. The van der Waals surface area contributed by atoms with Crippen LogP contribution in [0.2, 0.25) is 0 Å². The molecule has 0 atom stereocenters. The van der Waals surface area contributed by atoms with E-state index < -0.39 is 0 Å². The third-order valence-corrected chi connectivity index (χ3v) is 1.94. The fourth-order valence-electron chi connectivity index (χ4n) is 0.922. The molecule has 0 saturated carbocycles. The zero-order valence-corrected chi connectivity index (χ0v) is 8.17. The van der Waals surface area contributed by atoms with Gasteiger partial charge in [-0.05, 0) is 17.7 Å². The predicted molar refractivity (Wildman–Crippen MR) is 51.9 cm³/mol. The third-order valence-electron chi connectivity index (χ3n) is 1.45. The van der Waals surface area contributed by atoms with Gasteiger partial charge in [0.15, 0.2) is 0 Å². The van der Waals surface area contributed by atoms with Crippen molar-refractivity contribution in [1.82, 2.24) is 5.32 Å². The summed E-state index contributed by atoms with van der Waals surface area (Å²) in [5.74, 6) is 0. The van der Waals surface area contributed by atoms with Crippen LogP contribution in [0.3, 0.4) is 0 Å². The average molecular weight is 228 g/mol. The molecule has 0 aliphatic heterocycles. The van der Waals surface area contributed by atoms with Crippen molar-refractivity contribution < 1.29 is 4.79 Å². The number of hydrogen-bond donors (Lipinski definition) is 1. The second-order valence-corrected chi connectivity index (χ2v) is 3.34. The molecule has 0 radical (unpaired) electrons. The molecular formula is C9H10BrNO. The van der Waals surface area contributed by atoms with Crippen LogP contribution in [-0.2, 0) is 11.3 Å². The van der Waals surface area contributed by atoms with Gasteiger partial charge in [0.05, 0.1) is 6.54 Å². The van der Waals surface area contributed by atoms with Crippen LogP contribution in [0.4, 0.5) is 0 Å². The van der Waals surface area contributed by atoms with Gasteiger partial charge in [-0.2, -0.15) is 0 Å². The quantitative estimate of drug-likeness (QED) is 0.628. The van der Waals surface area contributed by atoms with Gasteiger partial charge in [-0.1, -0.05) is 28.1 Å². The second-order valence-electron chi connectivity index (χ2n) is 2.43. The van der Waals surface area contributed by atoms with E-state index in [1.54, 1.807) is 0 Å². The van der Waals surface area contributed by atoms with E-state index in [1.165, 1.54) is 5.56 Å². The van der Waals surface area contributed by atoms with Gasteiger partial charge < -0.3 is 10.1 Å². The highest BCUT2D eigenvalue weighted by atomic mass is 79.9. The Morgan fingerprint density at radius 1 is 1.50 bits per heavy atom. The van der Waals surface area contributed by atoms with E-state index >= 15 is 0 Å². The monoisotopic (exact) mass is 227 g/mol. The molecule has 2 nitrogen and oxygen atoms in total. The Hall–Kier alpha value is -0.670. The van der Waals surface area contributed by atoms with Gasteiger partial charge in [0.2, 0.25) is 0 Å². The van der Waals surface area contributed by atoms with Crippen LogP contribution >= 0.6 is 15.9 Å². The molecule has 0 aliphatic rings. The molecular weight excluding hydrogens is 218 g/mol. The van der Waals surface area contributed by atoms with E-state index in [1.807, 2.05) is 24.3 Å². The minimum atomic E-state index is 0.409. The first-order valence-corrected chi connectivity index (χ1v) is 4.51. The number of aldehydes is 1. The highest BCUT2D eigenvalue weighted by molar-refractivity contribution is 9.10. The molecule has 1 N–H and O–H groups in total. The smallest absolute Gasteiger partial charge is 0.133 e. The zero-order chi connectivity index (χ0) is 8.81. The summed E-state index contributed by atoms with van der Waals surface area (Å²) in [6, 6.07) is 7.99. The van der Waals surface area contributed by atoms with Crippen LogP contribution in [0.15, 0.2) is 28.7 Å². The summed E-state index contributed by atoms with van der Waals surface area (Å²) in [5, 5.41) is 2.99. The summed E-state index contributed by atoms with van der Waals surface area (Å²) >= 11 is 3.37. The highest BCUT2D eigenvalue weighted by Crippen LogP contribution is 2.10. The van der Waals surface area contributed by atoms with Crippen LogP contribution in [0.1, 0.15) is 5.56 Å². The SMILES string of the molecule is O=CCNCc1cccc(Br)c1. The maximum Gasteiger partial charge on any atom is 0.133 e. The molecule has 1 rings (SSSR count). The Balaban J connectivity index is 2.46. The summed E-state index contributed by atoms with van der Waals surface area (Å²) in [6.45, 7) is 1.14. The van der Waals surface area contributed by atoms with Crippen LogP contribution in [-0.4, -0.2) is 12.8 Å². The number of carbonyl (C=O) groups is 1. The second kappa shape index (κ2) is 5.06. The van der Waals surface area contributed by atoms with Crippen molar-refractivity contribution in [2.45, 2.75) is 6.54 Å². The normalized spacial score (nSPS) is 9.75. The summed E-state index contributed by atoms with van der Waals surface area (Å²) in [7, 11) is 0. The molecule has 12 heavy (non-hydrogen) atoms. The summed E-state index contributed by atoms with van der Waals surface area (Å²) in [4.78, 5) is 9.99. The van der Waals surface area contributed by atoms with Gasteiger partial charge in [-0.15, -0.1) is 0 Å². The molecule has 1 aromatic rings. The number of halogens is 1. The van der Waals surface area contributed by atoms with Gasteiger partial charge in [-0.3, -0.25) is 0 Å². The summed E-state index contributed by atoms with van der Waals surface area (Å²) in [6.07, 6.45) is 0.859. The average Bonchev–Trinajstić information content (AvgIpc) is 2.05. The maximum atomic E-state index is 9.99. The van der Waals surface area contributed by atoms with Crippen LogP contribution in [0, 0.1) is 0 Å². The van der Waals surface area contributed by atoms with Crippen LogP contribution < -0.4 is 5.32 Å². The lowest BCUT2D eigenvalue weighted by Gasteiger charge is -2.00. The topological polar surface area (TPSA) is 29.1 Å². The molecule has 0 aliphatic carbocycles. The van der Waals surface area contributed by atoms with Crippen LogP contribution in [0.25, 0.3) is 0 Å².